The molecule has 0 radical (unpaired) electrons. The van der Waals surface area contributed by atoms with Crippen LogP contribution < -0.4 is 5.32 Å². The lowest BCUT2D eigenvalue weighted by molar-refractivity contribution is -0.140. The summed E-state index contributed by atoms with van der Waals surface area (Å²) in [7, 11) is 2.84. The van der Waals surface area contributed by atoms with Gasteiger partial charge >= 0.3 is 18.0 Å². The fourth-order valence-electron chi connectivity index (χ4n) is 1.38. The number of nitrogens with one attached hydrogen (secondary N) is 1. The standard InChI is InChI=1S/C11H17N5O5/c1-15(5-3-9(17)21-2)11(20)12-4-6-16-7-8(10(18)19)13-14-16/h7H,3-6H2,1-2H3,(H,12,20)(H,18,19). The summed E-state index contributed by atoms with van der Waals surface area (Å²) in [4.78, 5) is 34.6. The number of carbonyl (C=O) groups excluding carboxylic acids is 2. The van der Waals surface area contributed by atoms with Gasteiger partial charge in [0.1, 0.15) is 0 Å². The molecule has 0 saturated carbocycles. The first-order valence-corrected chi connectivity index (χ1v) is 6.13. The summed E-state index contributed by atoms with van der Waals surface area (Å²) in [6, 6.07) is -0.350. The Balaban J connectivity index is 2.28. The van der Waals surface area contributed by atoms with Gasteiger partial charge in [0.25, 0.3) is 0 Å². The van der Waals surface area contributed by atoms with Crippen molar-refractivity contribution in [3.63, 3.8) is 0 Å². The number of hydrogen-bond donors (Lipinski definition) is 2. The lowest BCUT2D eigenvalue weighted by atomic mass is 10.4. The van der Waals surface area contributed by atoms with Crippen molar-refractivity contribution >= 4 is 18.0 Å². The number of hydrogen-bond acceptors (Lipinski definition) is 6. The highest BCUT2D eigenvalue weighted by Gasteiger charge is 2.11. The third kappa shape index (κ3) is 5.47. The summed E-state index contributed by atoms with van der Waals surface area (Å²) in [5, 5.41) is 18.3. The molecule has 0 fully saturated rings. The second-order valence-electron chi connectivity index (χ2n) is 4.15. The molecular formula is C11H17N5O5. The van der Waals surface area contributed by atoms with E-state index in [2.05, 4.69) is 20.4 Å². The molecule has 0 bridgehead atoms. The minimum absolute atomic E-state index is 0.117. The minimum Gasteiger partial charge on any atom is -0.476 e. The van der Waals surface area contributed by atoms with Gasteiger partial charge in [0.15, 0.2) is 5.69 Å². The Morgan fingerprint density at radius 2 is 2.19 bits per heavy atom. The quantitative estimate of drug-likeness (QED) is 0.630. The van der Waals surface area contributed by atoms with Crippen molar-refractivity contribution in [1.82, 2.24) is 25.2 Å². The van der Waals surface area contributed by atoms with Gasteiger partial charge < -0.3 is 20.1 Å². The number of carbonyl (C=O) groups is 3. The zero-order valence-electron chi connectivity index (χ0n) is 11.8. The fourth-order valence-corrected chi connectivity index (χ4v) is 1.38. The molecule has 0 aromatic carbocycles. The van der Waals surface area contributed by atoms with Crippen LogP contribution in [0.2, 0.25) is 0 Å². The predicted molar refractivity (Wildman–Crippen MR) is 69.6 cm³/mol. The maximum atomic E-state index is 11.7. The van der Waals surface area contributed by atoms with Crippen LogP contribution in [0.1, 0.15) is 16.9 Å². The molecule has 0 aliphatic heterocycles. The average Bonchev–Trinajstić information content (AvgIpc) is 2.93. The van der Waals surface area contributed by atoms with Crippen LogP contribution in [0.25, 0.3) is 0 Å². The molecule has 2 amide bonds. The van der Waals surface area contributed by atoms with Crippen molar-refractivity contribution in [3.8, 4) is 0 Å². The van der Waals surface area contributed by atoms with Crippen LogP contribution in [0.4, 0.5) is 4.79 Å². The van der Waals surface area contributed by atoms with Crippen LogP contribution >= 0.6 is 0 Å². The molecule has 0 atom stereocenters. The molecule has 2 N–H and O–H groups in total. The van der Waals surface area contributed by atoms with Gasteiger partial charge in [-0.15, -0.1) is 5.10 Å². The number of aromatic nitrogens is 3. The maximum Gasteiger partial charge on any atom is 0.358 e. The molecule has 10 heteroatoms. The number of urea groups is 1. The number of nitrogens with zero attached hydrogens (tertiary/aromatic N) is 4. The van der Waals surface area contributed by atoms with Gasteiger partial charge in [-0.3, -0.25) is 4.79 Å². The first-order valence-electron chi connectivity index (χ1n) is 6.13. The lowest BCUT2D eigenvalue weighted by Crippen LogP contribution is -2.39. The molecule has 0 unspecified atom stereocenters. The summed E-state index contributed by atoms with van der Waals surface area (Å²) in [6.07, 6.45) is 1.39. The van der Waals surface area contributed by atoms with Crippen molar-refractivity contribution in [1.29, 1.82) is 0 Å². The highest BCUT2D eigenvalue weighted by molar-refractivity contribution is 5.84. The Morgan fingerprint density at radius 3 is 2.76 bits per heavy atom. The average molecular weight is 299 g/mol. The third-order valence-corrected chi connectivity index (χ3v) is 2.60. The van der Waals surface area contributed by atoms with Gasteiger partial charge in [0, 0.05) is 20.1 Å². The van der Waals surface area contributed by atoms with Gasteiger partial charge in [-0.1, -0.05) is 5.21 Å². The maximum absolute atomic E-state index is 11.7. The molecule has 0 aliphatic rings. The molecule has 0 spiro atoms. The SMILES string of the molecule is COC(=O)CCN(C)C(=O)NCCn1cc(C(=O)O)nn1. The van der Waals surface area contributed by atoms with Crippen LogP contribution in [0.3, 0.4) is 0 Å². The van der Waals surface area contributed by atoms with E-state index in [4.69, 9.17) is 5.11 Å². The normalized spacial score (nSPS) is 10.0. The van der Waals surface area contributed by atoms with Gasteiger partial charge in [-0.05, 0) is 0 Å². The van der Waals surface area contributed by atoms with E-state index in [9.17, 15) is 14.4 Å². The van der Waals surface area contributed by atoms with Gasteiger partial charge in [-0.2, -0.15) is 0 Å². The van der Waals surface area contributed by atoms with Crippen molar-refractivity contribution in [3.05, 3.63) is 11.9 Å². The summed E-state index contributed by atoms with van der Waals surface area (Å²) >= 11 is 0. The Hall–Kier alpha value is -2.65. The number of carboxylic acids is 1. The van der Waals surface area contributed by atoms with E-state index in [0.29, 0.717) is 0 Å². The van der Waals surface area contributed by atoms with Crippen LogP contribution in [-0.4, -0.2) is 70.2 Å². The Kier molecular flexibility index (Phi) is 6.11. The number of aromatic carboxylic acids is 1. The number of methoxy groups -OCH3 is 1. The number of esters is 1. The monoisotopic (exact) mass is 299 g/mol. The van der Waals surface area contributed by atoms with Crippen LogP contribution in [-0.2, 0) is 16.1 Å². The Morgan fingerprint density at radius 1 is 1.48 bits per heavy atom. The zero-order valence-corrected chi connectivity index (χ0v) is 11.8. The van der Waals surface area contributed by atoms with Crippen molar-refractivity contribution in [2.24, 2.45) is 0 Å². The van der Waals surface area contributed by atoms with E-state index in [1.807, 2.05) is 0 Å². The fraction of sp³-hybridized carbons (Fsp3) is 0.545. The molecule has 1 aromatic heterocycles. The van der Waals surface area contributed by atoms with E-state index < -0.39 is 11.9 Å². The van der Waals surface area contributed by atoms with Crippen LogP contribution in [0.5, 0.6) is 0 Å². The van der Waals surface area contributed by atoms with Gasteiger partial charge in [0.05, 0.1) is 26.3 Å². The lowest BCUT2D eigenvalue weighted by Gasteiger charge is -2.17. The zero-order chi connectivity index (χ0) is 15.8. The second-order valence-corrected chi connectivity index (χ2v) is 4.15. The molecule has 0 saturated heterocycles. The van der Waals surface area contributed by atoms with Gasteiger partial charge in [0.2, 0.25) is 0 Å². The van der Waals surface area contributed by atoms with Gasteiger partial charge in [-0.25, -0.2) is 14.3 Å². The molecule has 0 aliphatic carbocycles. The van der Waals surface area contributed by atoms with E-state index in [1.165, 1.54) is 22.9 Å². The summed E-state index contributed by atoms with van der Waals surface area (Å²) < 4.78 is 5.79. The van der Waals surface area contributed by atoms with E-state index in [-0.39, 0.29) is 37.8 Å². The Labute approximate surface area is 120 Å². The molecule has 116 valence electrons. The van der Waals surface area contributed by atoms with E-state index >= 15 is 0 Å². The van der Waals surface area contributed by atoms with Crippen LogP contribution in [0, 0.1) is 0 Å². The highest BCUT2D eigenvalue weighted by atomic mass is 16.5. The summed E-state index contributed by atoms with van der Waals surface area (Å²) in [6.45, 7) is 0.783. The summed E-state index contributed by atoms with van der Waals surface area (Å²) in [5.41, 5.74) is -0.156. The van der Waals surface area contributed by atoms with E-state index in [1.54, 1.807) is 7.05 Å². The number of amides is 2. The third-order valence-electron chi connectivity index (χ3n) is 2.60. The Bertz CT molecular complexity index is 515. The second kappa shape index (κ2) is 7.82. The largest absolute Gasteiger partial charge is 0.476 e. The first-order chi connectivity index (χ1) is 9.93. The molecular weight excluding hydrogens is 282 g/mol. The molecule has 1 heterocycles. The number of rotatable bonds is 7. The predicted octanol–water partition coefficient (Wildman–Crippen LogP) is -0.819. The minimum atomic E-state index is -1.16. The van der Waals surface area contributed by atoms with Crippen molar-refractivity contribution < 1.29 is 24.2 Å². The number of ether oxygens (including phenoxy) is 1. The molecule has 1 aromatic rings. The van der Waals surface area contributed by atoms with E-state index in [0.717, 1.165) is 0 Å². The molecule has 10 nitrogen and oxygen atoms in total. The molecule has 21 heavy (non-hydrogen) atoms. The van der Waals surface area contributed by atoms with Crippen molar-refractivity contribution in [2.45, 2.75) is 13.0 Å². The van der Waals surface area contributed by atoms with Crippen LogP contribution in [0.15, 0.2) is 6.20 Å². The summed E-state index contributed by atoms with van der Waals surface area (Å²) in [5.74, 6) is -1.55. The molecule has 1 rings (SSSR count). The highest BCUT2D eigenvalue weighted by Crippen LogP contribution is 1.93. The van der Waals surface area contributed by atoms with Crippen molar-refractivity contribution in [2.75, 3.05) is 27.2 Å². The first kappa shape index (κ1) is 16.4. The topological polar surface area (TPSA) is 127 Å². The smallest absolute Gasteiger partial charge is 0.358 e. The number of carboxylic acid groups (broad SMARTS) is 1.